The molecule has 0 unspecified atom stereocenters. The number of halogens is 3. The Morgan fingerprint density at radius 2 is 1.93 bits per heavy atom. The molecule has 1 rings (SSSR count). The van der Waals surface area contributed by atoms with E-state index in [1.54, 1.807) is 0 Å². The molecule has 0 spiro atoms. The third-order valence-electron chi connectivity index (χ3n) is 1.57. The van der Waals surface area contributed by atoms with Crippen molar-refractivity contribution in [2.24, 2.45) is 0 Å². The van der Waals surface area contributed by atoms with E-state index in [0.29, 0.717) is 0 Å². The maximum atomic E-state index is 12.8. The predicted octanol–water partition coefficient (Wildman–Crippen LogP) is 2.57. The maximum absolute atomic E-state index is 12.8. The molecular weight excluding hydrogens is 298 g/mol. The van der Waals surface area contributed by atoms with Gasteiger partial charge in [0.25, 0.3) is 10.1 Å². The molecule has 1 aromatic carbocycles. The molecule has 0 saturated carbocycles. The van der Waals surface area contributed by atoms with Crippen LogP contribution >= 0.6 is 28.3 Å². The molecule has 0 heterocycles. The minimum Gasteiger partial charge on any atom is -0.282 e. The maximum Gasteiger partial charge on any atom is 0.294 e. The summed E-state index contributed by atoms with van der Waals surface area (Å²) in [5.41, 5.74) is 0.155. The minimum absolute atomic E-state index is 0. The number of hydrogen-bond acceptors (Lipinski definition) is 2. The van der Waals surface area contributed by atoms with Gasteiger partial charge < -0.3 is 0 Å². The normalized spacial score (nSPS) is 10.9. The highest BCUT2D eigenvalue weighted by atomic mass is 79.9. The Bertz CT molecular complexity index is 446. The summed E-state index contributed by atoms with van der Waals surface area (Å²) in [5.74, 6) is -0.565. The molecule has 1 N–H and O–H groups in total. The summed E-state index contributed by atoms with van der Waals surface area (Å²) in [6.07, 6.45) is 0. The van der Waals surface area contributed by atoms with Crippen molar-refractivity contribution in [1.82, 2.24) is 0 Å². The largest absolute Gasteiger partial charge is 0.294 e. The second kappa shape index (κ2) is 4.57. The molecule has 0 amide bonds. The van der Waals surface area contributed by atoms with Gasteiger partial charge in [-0.3, -0.25) is 4.55 Å². The first-order valence-corrected chi connectivity index (χ1v) is 5.49. The fourth-order valence-electron chi connectivity index (χ4n) is 0.914. The number of benzene rings is 1. The lowest BCUT2D eigenvalue weighted by Gasteiger charge is -2.04. The first-order chi connectivity index (χ1) is 5.84. The lowest BCUT2D eigenvalue weighted by atomic mass is 10.2. The van der Waals surface area contributed by atoms with Gasteiger partial charge in [0.05, 0.1) is 9.37 Å². The molecule has 0 aliphatic heterocycles. The van der Waals surface area contributed by atoms with E-state index in [1.165, 1.54) is 6.92 Å². The van der Waals surface area contributed by atoms with E-state index in [9.17, 15) is 12.8 Å². The average molecular weight is 306 g/mol. The molecule has 0 radical (unpaired) electrons. The van der Waals surface area contributed by atoms with Crippen LogP contribution in [0.3, 0.4) is 0 Å². The standard InChI is InChI=1S/C7H6BrFO3S.ClH/c1-4-6(13(10,11)12)3-2-5(9)7(4)8;/h2-3H,1H3,(H,10,11,12);1H. The Morgan fingerprint density at radius 1 is 1.43 bits per heavy atom. The second-order valence-electron chi connectivity index (χ2n) is 2.46. The van der Waals surface area contributed by atoms with Gasteiger partial charge in [-0.2, -0.15) is 8.42 Å². The molecular formula is C7H7BrClFO3S. The second-order valence-corrected chi connectivity index (χ2v) is 4.64. The van der Waals surface area contributed by atoms with Crippen LogP contribution in [0, 0.1) is 12.7 Å². The van der Waals surface area contributed by atoms with Crippen molar-refractivity contribution in [2.75, 3.05) is 0 Å². The third-order valence-corrected chi connectivity index (χ3v) is 3.54. The van der Waals surface area contributed by atoms with Gasteiger partial charge in [-0.25, -0.2) is 4.39 Å². The van der Waals surface area contributed by atoms with Gasteiger partial charge in [-0.15, -0.1) is 12.4 Å². The van der Waals surface area contributed by atoms with Gasteiger partial charge >= 0.3 is 0 Å². The van der Waals surface area contributed by atoms with Crippen LogP contribution in [0.25, 0.3) is 0 Å². The third kappa shape index (κ3) is 2.66. The molecule has 0 aliphatic carbocycles. The summed E-state index contributed by atoms with van der Waals surface area (Å²) >= 11 is 2.87. The van der Waals surface area contributed by atoms with Gasteiger partial charge in [0, 0.05) is 0 Å². The molecule has 0 aromatic heterocycles. The van der Waals surface area contributed by atoms with Crippen molar-refractivity contribution in [1.29, 1.82) is 0 Å². The van der Waals surface area contributed by atoms with Crippen molar-refractivity contribution < 1.29 is 17.4 Å². The van der Waals surface area contributed by atoms with Crippen LogP contribution in [0.1, 0.15) is 5.56 Å². The number of hydrogen-bond donors (Lipinski definition) is 1. The molecule has 14 heavy (non-hydrogen) atoms. The molecule has 7 heteroatoms. The zero-order valence-electron chi connectivity index (χ0n) is 6.99. The topological polar surface area (TPSA) is 54.4 Å². The molecule has 0 atom stereocenters. The smallest absolute Gasteiger partial charge is 0.282 e. The molecule has 0 saturated heterocycles. The van der Waals surface area contributed by atoms with Crippen molar-refractivity contribution in [3.63, 3.8) is 0 Å². The van der Waals surface area contributed by atoms with E-state index in [0.717, 1.165) is 12.1 Å². The summed E-state index contributed by atoms with van der Waals surface area (Å²) in [4.78, 5) is -0.291. The lowest BCUT2D eigenvalue weighted by molar-refractivity contribution is 0.482. The van der Waals surface area contributed by atoms with Crippen LogP contribution in [0.15, 0.2) is 21.5 Å². The summed E-state index contributed by atoms with van der Waals surface area (Å²) < 4.78 is 43.0. The molecule has 80 valence electrons. The first kappa shape index (κ1) is 13.8. The Hall–Kier alpha value is -0.170. The zero-order chi connectivity index (χ0) is 10.2. The van der Waals surface area contributed by atoms with Crippen LogP contribution in [0.4, 0.5) is 4.39 Å². The van der Waals surface area contributed by atoms with Crippen LogP contribution in [-0.2, 0) is 10.1 Å². The molecule has 0 bridgehead atoms. The Labute approximate surface area is 95.6 Å². The lowest BCUT2D eigenvalue weighted by Crippen LogP contribution is -2.02. The highest BCUT2D eigenvalue weighted by Crippen LogP contribution is 2.25. The summed E-state index contributed by atoms with van der Waals surface area (Å²) in [5, 5.41) is 0. The zero-order valence-corrected chi connectivity index (χ0v) is 10.2. The molecule has 0 aliphatic rings. The minimum atomic E-state index is -4.27. The predicted molar refractivity (Wildman–Crippen MR) is 55.9 cm³/mol. The van der Waals surface area contributed by atoms with E-state index in [-0.39, 0.29) is 27.3 Å². The van der Waals surface area contributed by atoms with Gasteiger partial charge in [0.15, 0.2) is 0 Å². The molecule has 0 fully saturated rings. The van der Waals surface area contributed by atoms with E-state index in [4.69, 9.17) is 4.55 Å². The van der Waals surface area contributed by atoms with E-state index >= 15 is 0 Å². The average Bonchev–Trinajstić information content (AvgIpc) is 1.98. The van der Waals surface area contributed by atoms with E-state index in [1.807, 2.05) is 0 Å². The summed E-state index contributed by atoms with van der Waals surface area (Å²) in [6, 6.07) is 1.99. The van der Waals surface area contributed by atoms with Gasteiger partial charge in [-0.1, -0.05) is 0 Å². The van der Waals surface area contributed by atoms with Crippen LogP contribution < -0.4 is 0 Å². The van der Waals surface area contributed by atoms with Crippen LogP contribution in [-0.4, -0.2) is 13.0 Å². The Kier molecular flexibility index (Phi) is 4.51. The first-order valence-electron chi connectivity index (χ1n) is 3.26. The summed E-state index contributed by atoms with van der Waals surface area (Å²) in [7, 11) is -4.27. The van der Waals surface area contributed by atoms with Crippen molar-refractivity contribution in [3.05, 3.63) is 28.0 Å². The Morgan fingerprint density at radius 3 is 2.36 bits per heavy atom. The van der Waals surface area contributed by atoms with Crippen molar-refractivity contribution >= 4 is 38.5 Å². The number of rotatable bonds is 1. The van der Waals surface area contributed by atoms with Gasteiger partial charge in [-0.05, 0) is 40.5 Å². The van der Waals surface area contributed by atoms with Gasteiger partial charge in [0.2, 0.25) is 0 Å². The van der Waals surface area contributed by atoms with E-state index < -0.39 is 15.9 Å². The van der Waals surface area contributed by atoms with Crippen LogP contribution in [0.2, 0.25) is 0 Å². The van der Waals surface area contributed by atoms with Gasteiger partial charge in [0.1, 0.15) is 5.82 Å². The highest BCUT2D eigenvalue weighted by Gasteiger charge is 2.16. The molecule has 1 aromatic rings. The monoisotopic (exact) mass is 304 g/mol. The van der Waals surface area contributed by atoms with Crippen molar-refractivity contribution in [3.8, 4) is 0 Å². The fraction of sp³-hybridized carbons (Fsp3) is 0.143. The van der Waals surface area contributed by atoms with Crippen molar-refractivity contribution in [2.45, 2.75) is 11.8 Å². The SMILES string of the molecule is Cc1c(S(=O)(=O)O)ccc(F)c1Br.Cl. The summed E-state index contributed by atoms with van der Waals surface area (Å²) in [6.45, 7) is 1.40. The quantitative estimate of drug-likeness (QED) is 0.811. The molecule has 3 nitrogen and oxygen atoms in total. The fourth-order valence-corrected chi connectivity index (χ4v) is 2.12. The van der Waals surface area contributed by atoms with Crippen LogP contribution in [0.5, 0.6) is 0 Å². The van der Waals surface area contributed by atoms with E-state index in [2.05, 4.69) is 15.9 Å². The highest BCUT2D eigenvalue weighted by molar-refractivity contribution is 9.10. The Balaban J connectivity index is 0.00000169.